The summed E-state index contributed by atoms with van der Waals surface area (Å²) in [6.07, 6.45) is -0.559. The Hall–Kier alpha value is -1.50. The van der Waals surface area contributed by atoms with Crippen LogP contribution >= 0.6 is 0 Å². The van der Waals surface area contributed by atoms with Crippen molar-refractivity contribution in [3.05, 3.63) is 12.2 Å². The average Bonchev–Trinajstić information content (AvgIpc) is 1.99. The number of ether oxygens (including phenoxy) is 1. The first-order valence-corrected chi connectivity index (χ1v) is 2.63. The van der Waals surface area contributed by atoms with Gasteiger partial charge in [0.05, 0.1) is 11.6 Å². The van der Waals surface area contributed by atoms with E-state index in [-0.39, 0.29) is 12.2 Å². The van der Waals surface area contributed by atoms with E-state index in [0.29, 0.717) is 0 Å². The van der Waals surface area contributed by atoms with Crippen LogP contribution in [0.3, 0.4) is 0 Å². The molecule has 0 fully saturated rings. The smallest absolute Gasteiger partial charge is 0.407 e. The molecule has 0 aromatic carbocycles. The van der Waals surface area contributed by atoms with E-state index < -0.39 is 6.09 Å². The predicted molar refractivity (Wildman–Crippen MR) is 35.2 cm³/mol. The van der Waals surface area contributed by atoms with Crippen LogP contribution in [0, 0.1) is 11.3 Å². The fraction of sp³-hybridized carbons (Fsp3) is 0.333. The molecule has 0 rings (SSSR count). The Morgan fingerprint density at radius 2 is 2.50 bits per heavy atom. The second-order valence-corrected chi connectivity index (χ2v) is 1.54. The van der Waals surface area contributed by atoms with E-state index in [0.717, 1.165) is 0 Å². The number of nitrogens with zero attached hydrogens (tertiary/aromatic N) is 1. The molecule has 0 saturated heterocycles. The largest absolute Gasteiger partial charge is 0.444 e. The first-order chi connectivity index (χ1) is 4.70. The lowest BCUT2D eigenvalue weighted by atomic mass is 10.4. The molecule has 0 unspecified atom stereocenters. The van der Waals surface area contributed by atoms with Gasteiger partial charge in [0, 0.05) is 7.05 Å². The van der Waals surface area contributed by atoms with Crippen molar-refractivity contribution in [2.75, 3.05) is 13.7 Å². The van der Waals surface area contributed by atoms with Crippen molar-refractivity contribution in [3.8, 4) is 6.07 Å². The summed E-state index contributed by atoms with van der Waals surface area (Å²) in [5.74, 6) is 0. The van der Waals surface area contributed by atoms with Crippen LogP contribution in [0.25, 0.3) is 0 Å². The Bertz CT molecular complexity index is 181. The number of amides is 1. The molecule has 0 aromatic heterocycles. The second kappa shape index (κ2) is 4.39. The van der Waals surface area contributed by atoms with Crippen molar-refractivity contribution < 1.29 is 9.53 Å². The first kappa shape index (κ1) is 8.50. The summed E-state index contributed by atoms with van der Waals surface area (Å²) >= 11 is 0. The Morgan fingerprint density at radius 3 is 2.90 bits per heavy atom. The molecule has 4 heteroatoms. The van der Waals surface area contributed by atoms with Crippen molar-refractivity contribution >= 4 is 6.09 Å². The topological polar surface area (TPSA) is 62.1 Å². The van der Waals surface area contributed by atoms with E-state index in [2.05, 4.69) is 16.6 Å². The fourth-order valence-electron chi connectivity index (χ4n) is 0.257. The van der Waals surface area contributed by atoms with Gasteiger partial charge < -0.3 is 10.1 Å². The van der Waals surface area contributed by atoms with Gasteiger partial charge in [-0.2, -0.15) is 5.26 Å². The highest BCUT2D eigenvalue weighted by Crippen LogP contribution is 1.87. The molecule has 0 aliphatic rings. The van der Waals surface area contributed by atoms with E-state index in [1.165, 1.54) is 7.05 Å². The Morgan fingerprint density at radius 1 is 1.90 bits per heavy atom. The Labute approximate surface area is 59.1 Å². The number of carbonyl (C=O) groups is 1. The van der Waals surface area contributed by atoms with E-state index in [9.17, 15) is 4.79 Å². The molecule has 1 N–H and O–H groups in total. The number of nitriles is 1. The standard InChI is InChI=1S/C6H8N2O2/c1-5(3-7)4-10-6(9)8-2/h1,4H2,2H3,(H,8,9). The van der Waals surface area contributed by atoms with Crippen LogP contribution in [0.1, 0.15) is 0 Å². The van der Waals surface area contributed by atoms with Crippen LogP contribution in [0.15, 0.2) is 12.2 Å². The third kappa shape index (κ3) is 3.50. The van der Waals surface area contributed by atoms with Gasteiger partial charge in [-0.25, -0.2) is 4.79 Å². The van der Waals surface area contributed by atoms with Crippen LogP contribution < -0.4 is 5.32 Å². The van der Waals surface area contributed by atoms with Gasteiger partial charge in [-0.05, 0) is 0 Å². The van der Waals surface area contributed by atoms with Crippen molar-refractivity contribution in [1.82, 2.24) is 5.32 Å². The minimum absolute atomic E-state index is 0.0455. The SMILES string of the molecule is C=C(C#N)COC(=O)NC. The van der Waals surface area contributed by atoms with E-state index >= 15 is 0 Å². The van der Waals surface area contributed by atoms with Gasteiger partial charge in [0.1, 0.15) is 6.61 Å². The summed E-state index contributed by atoms with van der Waals surface area (Å²) in [5, 5.41) is 10.4. The summed E-state index contributed by atoms with van der Waals surface area (Å²) in [4.78, 5) is 10.3. The minimum Gasteiger partial charge on any atom is -0.444 e. The summed E-state index contributed by atoms with van der Waals surface area (Å²) in [5.41, 5.74) is 0.226. The molecule has 0 aliphatic heterocycles. The molecule has 4 nitrogen and oxygen atoms in total. The number of hydrogen-bond acceptors (Lipinski definition) is 3. The van der Waals surface area contributed by atoms with Gasteiger partial charge in [-0.15, -0.1) is 0 Å². The summed E-state index contributed by atoms with van der Waals surface area (Å²) in [6, 6.07) is 1.74. The van der Waals surface area contributed by atoms with Gasteiger partial charge >= 0.3 is 6.09 Å². The molecule has 10 heavy (non-hydrogen) atoms. The average molecular weight is 140 g/mol. The van der Waals surface area contributed by atoms with Gasteiger partial charge in [0.15, 0.2) is 0 Å². The summed E-state index contributed by atoms with van der Waals surface area (Å²) in [7, 11) is 1.44. The van der Waals surface area contributed by atoms with Crippen LogP contribution in [-0.2, 0) is 4.74 Å². The summed E-state index contributed by atoms with van der Waals surface area (Å²) < 4.78 is 4.47. The van der Waals surface area contributed by atoms with E-state index in [4.69, 9.17) is 5.26 Å². The zero-order valence-corrected chi connectivity index (χ0v) is 5.68. The quantitative estimate of drug-likeness (QED) is 0.565. The number of carbonyl (C=O) groups excluding carboxylic acids is 1. The molecular weight excluding hydrogens is 132 g/mol. The number of rotatable bonds is 2. The number of nitrogens with one attached hydrogen (secondary N) is 1. The van der Waals surface area contributed by atoms with Crippen LogP contribution in [0.4, 0.5) is 4.79 Å². The molecule has 0 heterocycles. The third-order valence-electron chi connectivity index (χ3n) is 0.740. The van der Waals surface area contributed by atoms with Crippen molar-refractivity contribution in [1.29, 1.82) is 5.26 Å². The summed E-state index contributed by atoms with van der Waals surface area (Å²) in [6.45, 7) is 3.27. The van der Waals surface area contributed by atoms with Gasteiger partial charge in [0.2, 0.25) is 0 Å². The molecular formula is C6H8N2O2. The lowest BCUT2D eigenvalue weighted by Crippen LogP contribution is -2.19. The molecule has 0 bridgehead atoms. The Balaban J connectivity index is 3.48. The molecule has 0 saturated carbocycles. The van der Waals surface area contributed by atoms with Gasteiger partial charge in [0.25, 0.3) is 0 Å². The third-order valence-corrected chi connectivity index (χ3v) is 0.740. The lowest BCUT2D eigenvalue weighted by Gasteiger charge is -1.99. The second-order valence-electron chi connectivity index (χ2n) is 1.54. The van der Waals surface area contributed by atoms with Gasteiger partial charge in [-0.3, -0.25) is 0 Å². The van der Waals surface area contributed by atoms with Crippen molar-refractivity contribution in [2.45, 2.75) is 0 Å². The van der Waals surface area contributed by atoms with Crippen molar-refractivity contribution in [2.24, 2.45) is 0 Å². The molecule has 0 radical (unpaired) electrons. The maximum absolute atomic E-state index is 10.3. The number of alkyl carbamates (subject to hydrolysis) is 1. The maximum Gasteiger partial charge on any atom is 0.407 e. The lowest BCUT2D eigenvalue weighted by molar-refractivity contribution is 0.159. The highest BCUT2D eigenvalue weighted by Gasteiger charge is 1.97. The molecule has 0 atom stereocenters. The molecule has 54 valence electrons. The highest BCUT2D eigenvalue weighted by molar-refractivity contribution is 5.66. The van der Waals surface area contributed by atoms with Crippen LogP contribution in [0.2, 0.25) is 0 Å². The van der Waals surface area contributed by atoms with Gasteiger partial charge in [-0.1, -0.05) is 6.58 Å². The van der Waals surface area contributed by atoms with Crippen LogP contribution in [-0.4, -0.2) is 19.7 Å². The van der Waals surface area contributed by atoms with Crippen LogP contribution in [0.5, 0.6) is 0 Å². The molecule has 0 aliphatic carbocycles. The van der Waals surface area contributed by atoms with E-state index in [1.54, 1.807) is 6.07 Å². The Kier molecular flexibility index (Phi) is 3.73. The number of hydrogen-bond donors (Lipinski definition) is 1. The van der Waals surface area contributed by atoms with E-state index in [1.807, 2.05) is 0 Å². The minimum atomic E-state index is -0.559. The normalized spacial score (nSPS) is 7.60. The monoisotopic (exact) mass is 140 g/mol. The molecule has 0 aromatic rings. The maximum atomic E-state index is 10.3. The fourth-order valence-corrected chi connectivity index (χ4v) is 0.257. The zero-order chi connectivity index (χ0) is 7.98. The zero-order valence-electron chi connectivity index (χ0n) is 5.68. The molecule has 0 spiro atoms. The highest BCUT2D eigenvalue weighted by atomic mass is 16.5. The first-order valence-electron chi connectivity index (χ1n) is 2.63. The predicted octanol–water partition coefficient (Wildman–Crippen LogP) is 0.422. The molecule has 1 amide bonds. The van der Waals surface area contributed by atoms with Crippen molar-refractivity contribution in [3.63, 3.8) is 0 Å².